The SMILES string of the molecule is O=C(CCCc1ccccc1)NCc1ccc(C(F)(F)F)cc1. The van der Waals surface area contributed by atoms with Gasteiger partial charge in [0.25, 0.3) is 0 Å². The predicted octanol–water partition coefficient (Wildman–Crippen LogP) is 4.34. The van der Waals surface area contributed by atoms with Gasteiger partial charge in [0, 0.05) is 13.0 Å². The van der Waals surface area contributed by atoms with E-state index in [-0.39, 0.29) is 12.5 Å². The Morgan fingerprint density at radius 2 is 1.57 bits per heavy atom. The first-order chi connectivity index (χ1) is 10.9. The lowest BCUT2D eigenvalue weighted by molar-refractivity contribution is -0.137. The zero-order chi connectivity index (χ0) is 16.7. The van der Waals surface area contributed by atoms with Crippen molar-refractivity contribution in [2.24, 2.45) is 0 Å². The fraction of sp³-hybridized carbons (Fsp3) is 0.278. The maximum Gasteiger partial charge on any atom is 0.416 e. The number of hydrogen-bond donors (Lipinski definition) is 1. The number of carbonyl (C=O) groups is 1. The highest BCUT2D eigenvalue weighted by Crippen LogP contribution is 2.29. The fourth-order valence-corrected chi connectivity index (χ4v) is 2.20. The molecular weight excluding hydrogens is 303 g/mol. The Hall–Kier alpha value is -2.30. The molecule has 0 aliphatic rings. The van der Waals surface area contributed by atoms with Gasteiger partial charge in [-0.05, 0) is 36.1 Å². The number of aryl methyl sites for hydroxylation is 1. The van der Waals surface area contributed by atoms with Crippen LogP contribution in [0.25, 0.3) is 0 Å². The fourth-order valence-electron chi connectivity index (χ4n) is 2.20. The van der Waals surface area contributed by atoms with Crippen molar-refractivity contribution in [3.63, 3.8) is 0 Å². The Balaban J connectivity index is 1.72. The van der Waals surface area contributed by atoms with E-state index in [0.717, 1.165) is 25.0 Å². The zero-order valence-corrected chi connectivity index (χ0v) is 12.6. The number of nitrogens with one attached hydrogen (secondary N) is 1. The Kier molecular flexibility index (Phi) is 5.79. The van der Waals surface area contributed by atoms with E-state index in [1.54, 1.807) is 0 Å². The van der Waals surface area contributed by atoms with Gasteiger partial charge in [0.15, 0.2) is 0 Å². The molecule has 0 aliphatic carbocycles. The third kappa shape index (κ3) is 5.77. The summed E-state index contributed by atoms with van der Waals surface area (Å²) in [7, 11) is 0. The second-order valence-electron chi connectivity index (χ2n) is 5.31. The van der Waals surface area contributed by atoms with Gasteiger partial charge in [-0.15, -0.1) is 0 Å². The first kappa shape index (κ1) is 17.1. The van der Waals surface area contributed by atoms with Crippen molar-refractivity contribution >= 4 is 5.91 Å². The molecule has 5 heteroatoms. The van der Waals surface area contributed by atoms with Gasteiger partial charge in [-0.1, -0.05) is 42.5 Å². The van der Waals surface area contributed by atoms with E-state index in [9.17, 15) is 18.0 Å². The van der Waals surface area contributed by atoms with Crippen molar-refractivity contribution in [2.45, 2.75) is 32.0 Å². The van der Waals surface area contributed by atoms with E-state index in [1.807, 2.05) is 30.3 Å². The summed E-state index contributed by atoms with van der Waals surface area (Å²) < 4.78 is 37.3. The summed E-state index contributed by atoms with van der Waals surface area (Å²) in [5, 5.41) is 2.72. The summed E-state index contributed by atoms with van der Waals surface area (Å²) in [5.41, 5.74) is 1.15. The van der Waals surface area contributed by atoms with E-state index in [0.29, 0.717) is 12.0 Å². The van der Waals surface area contributed by atoms with E-state index >= 15 is 0 Å². The van der Waals surface area contributed by atoms with Crippen LogP contribution in [-0.2, 0) is 23.9 Å². The normalized spacial score (nSPS) is 11.3. The van der Waals surface area contributed by atoms with Gasteiger partial charge < -0.3 is 5.32 Å². The van der Waals surface area contributed by atoms with Gasteiger partial charge in [-0.3, -0.25) is 4.79 Å². The average molecular weight is 321 g/mol. The van der Waals surface area contributed by atoms with E-state index < -0.39 is 11.7 Å². The highest BCUT2D eigenvalue weighted by molar-refractivity contribution is 5.75. The minimum absolute atomic E-state index is 0.0965. The van der Waals surface area contributed by atoms with Crippen molar-refractivity contribution in [1.82, 2.24) is 5.32 Å². The Labute approximate surface area is 133 Å². The monoisotopic (exact) mass is 321 g/mol. The molecule has 23 heavy (non-hydrogen) atoms. The van der Waals surface area contributed by atoms with Crippen LogP contribution in [-0.4, -0.2) is 5.91 Å². The molecule has 0 saturated heterocycles. The molecule has 0 heterocycles. The second-order valence-corrected chi connectivity index (χ2v) is 5.31. The van der Waals surface area contributed by atoms with Crippen LogP contribution >= 0.6 is 0 Å². The van der Waals surface area contributed by atoms with Crippen molar-refractivity contribution in [3.05, 3.63) is 71.3 Å². The molecule has 0 atom stereocenters. The second kappa shape index (κ2) is 7.81. The molecule has 1 amide bonds. The van der Waals surface area contributed by atoms with Gasteiger partial charge >= 0.3 is 6.18 Å². The molecule has 0 spiro atoms. The minimum atomic E-state index is -4.33. The molecule has 2 aromatic carbocycles. The molecule has 1 N–H and O–H groups in total. The standard InChI is InChI=1S/C18H18F3NO/c19-18(20,21)16-11-9-15(10-12-16)13-22-17(23)8-4-7-14-5-2-1-3-6-14/h1-3,5-6,9-12H,4,7-8,13H2,(H,22,23). The molecule has 0 saturated carbocycles. The molecule has 0 unspecified atom stereocenters. The summed E-state index contributed by atoms with van der Waals surface area (Å²) in [6.45, 7) is 0.238. The van der Waals surface area contributed by atoms with Crippen LogP contribution in [0.4, 0.5) is 13.2 Å². The molecular formula is C18H18F3NO. The van der Waals surface area contributed by atoms with Crippen LogP contribution in [0.2, 0.25) is 0 Å². The summed E-state index contributed by atoms with van der Waals surface area (Å²) in [6, 6.07) is 14.7. The van der Waals surface area contributed by atoms with Crippen LogP contribution in [0.1, 0.15) is 29.5 Å². The summed E-state index contributed by atoms with van der Waals surface area (Å²) >= 11 is 0. The number of carbonyl (C=O) groups excluding carboxylic acids is 1. The lowest BCUT2D eigenvalue weighted by atomic mass is 10.1. The highest BCUT2D eigenvalue weighted by Gasteiger charge is 2.29. The first-order valence-corrected chi connectivity index (χ1v) is 7.42. The predicted molar refractivity (Wildman–Crippen MR) is 82.7 cm³/mol. The third-order valence-corrected chi connectivity index (χ3v) is 3.48. The molecule has 122 valence electrons. The van der Waals surface area contributed by atoms with Crippen molar-refractivity contribution < 1.29 is 18.0 Å². The number of rotatable bonds is 6. The molecule has 0 bridgehead atoms. The molecule has 0 fully saturated rings. The van der Waals surface area contributed by atoms with Crippen molar-refractivity contribution in [2.75, 3.05) is 0 Å². The molecule has 2 aromatic rings. The third-order valence-electron chi connectivity index (χ3n) is 3.48. The molecule has 2 rings (SSSR count). The Bertz CT molecular complexity index is 621. The quantitative estimate of drug-likeness (QED) is 0.842. The van der Waals surface area contributed by atoms with E-state index in [1.165, 1.54) is 17.7 Å². The molecule has 0 aromatic heterocycles. The number of hydrogen-bond acceptors (Lipinski definition) is 1. The van der Waals surface area contributed by atoms with Gasteiger partial charge in [-0.25, -0.2) is 0 Å². The highest BCUT2D eigenvalue weighted by atomic mass is 19.4. The van der Waals surface area contributed by atoms with Gasteiger partial charge in [0.2, 0.25) is 5.91 Å². The lowest BCUT2D eigenvalue weighted by Gasteiger charge is -2.08. The topological polar surface area (TPSA) is 29.1 Å². The van der Waals surface area contributed by atoms with E-state index in [4.69, 9.17) is 0 Å². The first-order valence-electron chi connectivity index (χ1n) is 7.42. The van der Waals surface area contributed by atoms with Gasteiger partial charge in [-0.2, -0.15) is 13.2 Å². The number of alkyl halides is 3. The number of amides is 1. The summed E-state index contributed by atoms with van der Waals surface area (Å²) in [5.74, 6) is -0.0965. The van der Waals surface area contributed by atoms with Crippen LogP contribution < -0.4 is 5.32 Å². The smallest absolute Gasteiger partial charge is 0.352 e. The number of benzene rings is 2. The summed E-state index contributed by atoms with van der Waals surface area (Å²) in [4.78, 5) is 11.7. The number of halogens is 3. The van der Waals surface area contributed by atoms with Crippen LogP contribution in [0, 0.1) is 0 Å². The molecule has 0 radical (unpaired) electrons. The maximum absolute atomic E-state index is 12.4. The van der Waals surface area contributed by atoms with Gasteiger partial charge in [0.05, 0.1) is 5.56 Å². The molecule has 0 aliphatic heterocycles. The molecule has 2 nitrogen and oxygen atoms in total. The largest absolute Gasteiger partial charge is 0.416 e. The Morgan fingerprint density at radius 1 is 0.913 bits per heavy atom. The van der Waals surface area contributed by atoms with Crippen LogP contribution in [0.3, 0.4) is 0 Å². The zero-order valence-electron chi connectivity index (χ0n) is 12.6. The maximum atomic E-state index is 12.4. The van der Waals surface area contributed by atoms with Crippen LogP contribution in [0.15, 0.2) is 54.6 Å². The van der Waals surface area contributed by atoms with Crippen molar-refractivity contribution in [3.8, 4) is 0 Å². The Morgan fingerprint density at radius 3 is 2.17 bits per heavy atom. The summed E-state index contributed by atoms with van der Waals surface area (Å²) in [6.07, 6.45) is -2.37. The lowest BCUT2D eigenvalue weighted by Crippen LogP contribution is -2.22. The van der Waals surface area contributed by atoms with Gasteiger partial charge in [0.1, 0.15) is 0 Å². The van der Waals surface area contributed by atoms with E-state index in [2.05, 4.69) is 5.32 Å². The average Bonchev–Trinajstić information content (AvgIpc) is 2.53. The van der Waals surface area contributed by atoms with Crippen LogP contribution in [0.5, 0.6) is 0 Å². The minimum Gasteiger partial charge on any atom is -0.352 e. The van der Waals surface area contributed by atoms with Crippen molar-refractivity contribution in [1.29, 1.82) is 0 Å².